The molecule has 2 amide bonds. The molecule has 1 unspecified atom stereocenters. The van der Waals surface area contributed by atoms with E-state index in [2.05, 4.69) is 27.4 Å². The monoisotopic (exact) mass is 367 g/mol. The Bertz CT molecular complexity index is 871. The van der Waals surface area contributed by atoms with Gasteiger partial charge in [-0.3, -0.25) is 0 Å². The van der Waals surface area contributed by atoms with Gasteiger partial charge in [0.05, 0.1) is 6.54 Å². The summed E-state index contributed by atoms with van der Waals surface area (Å²) in [5, 5.41) is 11.2. The van der Waals surface area contributed by atoms with Gasteiger partial charge in [0.2, 0.25) is 0 Å². The standard InChI is InChI=1S/C19H25N7O/c1-4-11-26-14-21-23-16(26)13-25(3)19(27)22-17(15-8-6-5-7-9-15)18-20-10-12-24(18)2/h5-10,12,14,17H,4,11,13H2,1-3H3,(H,22,27). The van der Waals surface area contributed by atoms with E-state index in [0.29, 0.717) is 6.54 Å². The van der Waals surface area contributed by atoms with Crippen molar-refractivity contribution in [2.45, 2.75) is 32.5 Å². The first-order chi connectivity index (χ1) is 13.1. The molecule has 0 aliphatic carbocycles. The minimum absolute atomic E-state index is 0.196. The topological polar surface area (TPSA) is 80.9 Å². The molecule has 27 heavy (non-hydrogen) atoms. The first kappa shape index (κ1) is 18.6. The molecule has 0 aliphatic heterocycles. The lowest BCUT2D eigenvalue weighted by atomic mass is 10.1. The molecular weight excluding hydrogens is 342 g/mol. The van der Waals surface area contributed by atoms with Gasteiger partial charge >= 0.3 is 6.03 Å². The van der Waals surface area contributed by atoms with Crippen LogP contribution >= 0.6 is 0 Å². The zero-order chi connectivity index (χ0) is 19.2. The molecule has 1 N–H and O–H groups in total. The summed E-state index contributed by atoms with van der Waals surface area (Å²) in [5.41, 5.74) is 0.975. The highest BCUT2D eigenvalue weighted by atomic mass is 16.2. The largest absolute Gasteiger partial charge is 0.336 e. The molecule has 0 aliphatic rings. The molecule has 8 nitrogen and oxygen atoms in total. The van der Waals surface area contributed by atoms with Gasteiger partial charge in [-0.2, -0.15) is 0 Å². The number of carbonyl (C=O) groups excluding carboxylic acids is 1. The highest BCUT2D eigenvalue weighted by Crippen LogP contribution is 2.20. The third-order valence-corrected chi connectivity index (χ3v) is 4.40. The lowest BCUT2D eigenvalue weighted by molar-refractivity contribution is 0.202. The van der Waals surface area contributed by atoms with Gasteiger partial charge in [0, 0.05) is 33.0 Å². The lowest BCUT2D eigenvalue weighted by Crippen LogP contribution is -2.40. The summed E-state index contributed by atoms with van der Waals surface area (Å²) in [6.07, 6.45) is 6.28. The van der Waals surface area contributed by atoms with Crippen LogP contribution in [0.5, 0.6) is 0 Å². The van der Waals surface area contributed by atoms with Crippen molar-refractivity contribution in [2.24, 2.45) is 7.05 Å². The van der Waals surface area contributed by atoms with Crippen molar-refractivity contribution in [3.63, 3.8) is 0 Å². The zero-order valence-corrected chi connectivity index (χ0v) is 15.9. The minimum Gasteiger partial charge on any atom is -0.336 e. The van der Waals surface area contributed by atoms with Crippen molar-refractivity contribution in [3.8, 4) is 0 Å². The molecule has 142 valence electrons. The number of aromatic nitrogens is 5. The summed E-state index contributed by atoms with van der Waals surface area (Å²) in [4.78, 5) is 18.9. The second-order valence-electron chi connectivity index (χ2n) is 6.49. The molecule has 0 fully saturated rings. The second-order valence-corrected chi connectivity index (χ2v) is 6.49. The maximum atomic E-state index is 12.8. The molecule has 2 heterocycles. The highest BCUT2D eigenvalue weighted by molar-refractivity contribution is 5.74. The Hall–Kier alpha value is -3.16. The number of hydrogen-bond acceptors (Lipinski definition) is 4. The molecule has 8 heteroatoms. The van der Waals surface area contributed by atoms with Gasteiger partial charge in [0.1, 0.15) is 18.2 Å². The number of nitrogens with zero attached hydrogens (tertiary/aromatic N) is 6. The SMILES string of the molecule is CCCn1cnnc1CN(C)C(=O)NC(c1ccccc1)c1nccn1C. The lowest BCUT2D eigenvalue weighted by Gasteiger charge is -2.23. The third-order valence-electron chi connectivity index (χ3n) is 4.40. The van der Waals surface area contributed by atoms with E-state index in [1.54, 1.807) is 24.5 Å². The second kappa shape index (κ2) is 8.48. The summed E-state index contributed by atoms with van der Waals surface area (Å²) in [5.74, 6) is 1.54. The number of rotatable bonds is 7. The summed E-state index contributed by atoms with van der Waals surface area (Å²) < 4.78 is 3.88. The van der Waals surface area contributed by atoms with Gasteiger partial charge in [0.25, 0.3) is 0 Å². The van der Waals surface area contributed by atoms with E-state index in [-0.39, 0.29) is 12.1 Å². The molecule has 1 atom stereocenters. The van der Waals surface area contributed by atoms with Crippen molar-refractivity contribution < 1.29 is 4.79 Å². The van der Waals surface area contributed by atoms with Gasteiger partial charge in [-0.1, -0.05) is 37.3 Å². The van der Waals surface area contributed by atoms with Crippen LogP contribution in [0.4, 0.5) is 4.79 Å². The first-order valence-corrected chi connectivity index (χ1v) is 9.00. The van der Waals surface area contributed by atoms with Gasteiger partial charge in [-0.15, -0.1) is 10.2 Å². The predicted molar refractivity (Wildman–Crippen MR) is 102 cm³/mol. The summed E-state index contributed by atoms with van der Waals surface area (Å²) in [6.45, 7) is 3.31. The number of urea groups is 1. The number of imidazole rings is 1. The Labute approximate surface area is 158 Å². The Kier molecular flexibility index (Phi) is 5.85. The molecule has 1 aromatic carbocycles. The third kappa shape index (κ3) is 4.33. The van der Waals surface area contributed by atoms with E-state index >= 15 is 0 Å². The Morgan fingerprint density at radius 1 is 1.30 bits per heavy atom. The fourth-order valence-electron chi connectivity index (χ4n) is 2.94. The van der Waals surface area contributed by atoms with Crippen LogP contribution < -0.4 is 5.32 Å². The molecule has 3 rings (SSSR count). The number of benzene rings is 1. The summed E-state index contributed by atoms with van der Waals surface area (Å²) in [6, 6.07) is 9.29. The smallest absolute Gasteiger partial charge is 0.318 e. The number of hydrogen-bond donors (Lipinski definition) is 1. The molecule has 0 spiro atoms. The summed E-state index contributed by atoms with van der Waals surface area (Å²) >= 11 is 0. The first-order valence-electron chi connectivity index (χ1n) is 9.00. The molecule has 3 aromatic rings. The molecule has 2 aromatic heterocycles. The van der Waals surface area contributed by atoms with Crippen molar-refractivity contribution in [2.75, 3.05) is 7.05 Å². The number of aryl methyl sites for hydroxylation is 2. The molecule has 0 saturated carbocycles. The maximum absolute atomic E-state index is 12.8. The Morgan fingerprint density at radius 3 is 2.74 bits per heavy atom. The van der Waals surface area contributed by atoms with Crippen LogP contribution in [-0.4, -0.2) is 42.3 Å². The average Bonchev–Trinajstić information content (AvgIpc) is 3.29. The van der Waals surface area contributed by atoms with Crippen LogP contribution in [0.1, 0.15) is 36.6 Å². The van der Waals surface area contributed by atoms with Gasteiger partial charge in [0.15, 0.2) is 5.82 Å². The Morgan fingerprint density at radius 2 is 2.07 bits per heavy atom. The Balaban J connectivity index is 1.76. The van der Waals surface area contributed by atoms with Gasteiger partial charge in [-0.05, 0) is 12.0 Å². The molecule has 0 radical (unpaired) electrons. The van der Waals surface area contributed by atoms with E-state index in [9.17, 15) is 4.79 Å². The molecule has 0 saturated heterocycles. The highest BCUT2D eigenvalue weighted by Gasteiger charge is 2.23. The minimum atomic E-state index is -0.338. The van der Waals surface area contributed by atoms with Crippen LogP contribution in [0.2, 0.25) is 0 Å². The quantitative estimate of drug-likeness (QED) is 0.695. The fourth-order valence-corrected chi connectivity index (χ4v) is 2.94. The average molecular weight is 367 g/mol. The molecule has 0 bridgehead atoms. The van der Waals surface area contributed by atoms with E-state index in [1.807, 2.05) is 52.7 Å². The van der Waals surface area contributed by atoms with Gasteiger partial charge in [-0.25, -0.2) is 9.78 Å². The van der Waals surface area contributed by atoms with Crippen molar-refractivity contribution >= 4 is 6.03 Å². The van der Waals surface area contributed by atoms with E-state index in [4.69, 9.17) is 0 Å². The number of amides is 2. The predicted octanol–water partition coefficient (Wildman–Crippen LogP) is 2.35. The normalized spacial score (nSPS) is 12.0. The van der Waals surface area contributed by atoms with Crippen molar-refractivity contribution in [3.05, 3.63) is 66.3 Å². The van der Waals surface area contributed by atoms with Crippen molar-refractivity contribution in [1.29, 1.82) is 0 Å². The van der Waals surface area contributed by atoms with Crippen LogP contribution in [0.3, 0.4) is 0 Å². The number of carbonyl (C=O) groups is 1. The van der Waals surface area contributed by atoms with E-state index in [1.165, 1.54) is 0 Å². The van der Waals surface area contributed by atoms with Crippen LogP contribution in [0, 0.1) is 0 Å². The van der Waals surface area contributed by atoms with Gasteiger partial charge < -0.3 is 19.4 Å². The maximum Gasteiger partial charge on any atom is 0.318 e. The summed E-state index contributed by atoms with van der Waals surface area (Å²) in [7, 11) is 3.67. The van der Waals surface area contributed by atoms with Crippen molar-refractivity contribution in [1.82, 2.24) is 34.5 Å². The zero-order valence-electron chi connectivity index (χ0n) is 15.9. The van der Waals surface area contributed by atoms with Crippen LogP contribution in [0.15, 0.2) is 49.1 Å². The van der Waals surface area contributed by atoms with E-state index < -0.39 is 0 Å². The van der Waals surface area contributed by atoms with E-state index in [0.717, 1.165) is 30.2 Å². The fraction of sp³-hybridized carbons (Fsp3) is 0.368. The number of nitrogens with one attached hydrogen (secondary N) is 1. The van der Waals surface area contributed by atoms with Crippen LogP contribution in [0.25, 0.3) is 0 Å². The van der Waals surface area contributed by atoms with Crippen LogP contribution in [-0.2, 0) is 20.1 Å². The molecular formula is C19H25N7O.